The molecule has 3 rings (SSSR count). The van der Waals surface area contributed by atoms with Crippen LogP contribution in [0.15, 0.2) is 60.7 Å². The number of nitrogens with zero attached hydrogens (tertiary/aromatic N) is 2. The smallest absolute Gasteiger partial charge is 0.242 e. The van der Waals surface area contributed by atoms with Crippen molar-refractivity contribution in [1.29, 1.82) is 0 Å². The molecule has 0 aliphatic heterocycles. The van der Waals surface area contributed by atoms with Gasteiger partial charge in [-0.3, -0.25) is 9.59 Å². The van der Waals surface area contributed by atoms with Crippen molar-refractivity contribution in [3.05, 3.63) is 76.8 Å². The van der Waals surface area contributed by atoms with Crippen LogP contribution in [0, 0.1) is 0 Å². The Labute approximate surface area is 188 Å². The number of fused-ring (bicyclic) bond motifs is 1. The van der Waals surface area contributed by atoms with Crippen LogP contribution in [0.4, 0.5) is 5.69 Å². The molecule has 31 heavy (non-hydrogen) atoms. The highest BCUT2D eigenvalue weighted by atomic mass is 35.5. The summed E-state index contributed by atoms with van der Waals surface area (Å²) >= 11 is 5.98. The molecular weight excluding hydrogens is 410 g/mol. The van der Waals surface area contributed by atoms with E-state index in [1.54, 1.807) is 6.92 Å². The lowest BCUT2D eigenvalue weighted by atomic mass is 10.0. The zero-order valence-corrected chi connectivity index (χ0v) is 18.7. The zero-order valence-electron chi connectivity index (χ0n) is 18.0. The van der Waals surface area contributed by atoms with Crippen molar-refractivity contribution in [1.82, 2.24) is 4.90 Å². The monoisotopic (exact) mass is 437 g/mol. The van der Waals surface area contributed by atoms with Crippen LogP contribution in [-0.4, -0.2) is 43.3 Å². The van der Waals surface area contributed by atoms with E-state index in [4.69, 9.17) is 17.3 Å². The molecule has 0 heterocycles. The van der Waals surface area contributed by atoms with Gasteiger partial charge in [0.2, 0.25) is 5.91 Å². The lowest BCUT2D eigenvalue weighted by molar-refractivity contribution is -0.130. The molecule has 1 amide bonds. The highest BCUT2D eigenvalue weighted by Crippen LogP contribution is 2.23. The zero-order chi connectivity index (χ0) is 22.4. The third kappa shape index (κ3) is 6.06. The van der Waals surface area contributed by atoms with Gasteiger partial charge in [-0.2, -0.15) is 0 Å². The molecule has 0 atom stereocenters. The molecule has 0 saturated carbocycles. The quantitative estimate of drug-likeness (QED) is 0.500. The first kappa shape index (κ1) is 22.8. The molecule has 3 aromatic rings. The Morgan fingerprint density at radius 3 is 2.32 bits per heavy atom. The Morgan fingerprint density at radius 2 is 1.65 bits per heavy atom. The standard InChI is InChI=1S/C25H28ClN3O2/c1-18(30)20-6-7-22-15-24(11-8-21(22)14-20)28(2)17-25(31)29(13-3-12-27)16-19-4-9-23(26)10-5-19/h4-11,14-15H,3,12-13,16-17,27H2,1-2H3. The van der Waals surface area contributed by atoms with Gasteiger partial charge < -0.3 is 15.5 Å². The molecule has 0 unspecified atom stereocenters. The number of amides is 1. The Kier molecular flexibility index (Phi) is 7.66. The van der Waals surface area contributed by atoms with Gasteiger partial charge in [0, 0.05) is 36.4 Å². The van der Waals surface area contributed by atoms with Gasteiger partial charge in [0.15, 0.2) is 5.78 Å². The first-order valence-electron chi connectivity index (χ1n) is 10.4. The van der Waals surface area contributed by atoms with E-state index in [2.05, 4.69) is 0 Å². The number of halogens is 1. The van der Waals surface area contributed by atoms with Crippen molar-refractivity contribution >= 4 is 39.8 Å². The van der Waals surface area contributed by atoms with Crippen LogP contribution in [0.25, 0.3) is 10.8 Å². The SMILES string of the molecule is CC(=O)c1ccc2cc(N(C)CC(=O)N(CCCN)Cc3ccc(Cl)cc3)ccc2c1. The van der Waals surface area contributed by atoms with Crippen LogP contribution >= 0.6 is 11.6 Å². The maximum atomic E-state index is 13.1. The average molecular weight is 438 g/mol. The second-order valence-corrected chi connectivity index (χ2v) is 8.18. The molecule has 6 heteroatoms. The van der Waals surface area contributed by atoms with Crippen LogP contribution in [0.2, 0.25) is 5.02 Å². The minimum absolute atomic E-state index is 0.0397. The number of anilines is 1. The van der Waals surface area contributed by atoms with Gasteiger partial charge in [0.05, 0.1) is 6.54 Å². The number of Topliss-reactive ketones (excluding diaryl/α,β-unsaturated/α-hetero) is 1. The van der Waals surface area contributed by atoms with Crippen molar-refractivity contribution in [2.24, 2.45) is 5.73 Å². The molecule has 0 spiro atoms. The fourth-order valence-electron chi connectivity index (χ4n) is 3.47. The number of hydrogen-bond donors (Lipinski definition) is 1. The second kappa shape index (κ2) is 10.4. The molecule has 0 aliphatic rings. The Hall–Kier alpha value is -2.89. The first-order chi connectivity index (χ1) is 14.9. The molecule has 0 fully saturated rings. The van der Waals surface area contributed by atoms with Crippen molar-refractivity contribution < 1.29 is 9.59 Å². The minimum atomic E-state index is 0.0397. The molecule has 0 radical (unpaired) electrons. The predicted octanol–water partition coefficient (Wildman–Crippen LogP) is 4.51. The van der Waals surface area contributed by atoms with E-state index < -0.39 is 0 Å². The molecule has 0 aromatic heterocycles. The van der Waals surface area contributed by atoms with E-state index >= 15 is 0 Å². The van der Waals surface area contributed by atoms with Crippen LogP contribution < -0.4 is 10.6 Å². The largest absolute Gasteiger partial charge is 0.365 e. The molecular formula is C25H28ClN3O2. The molecule has 2 N–H and O–H groups in total. The predicted molar refractivity (Wildman–Crippen MR) is 128 cm³/mol. The maximum Gasteiger partial charge on any atom is 0.242 e. The summed E-state index contributed by atoms with van der Waals surface area (Å²) in [5.74, 6) is 0.0878. The fourth-order valence-corrected chi connectivity index (χ4v) is 3.59. The Bertz CT molecular complexity index is 1070. The first-order valence-corrected chi connectivity index (χ1v) is 10.7. The third-order valence-corrected chi connectivity index (χ3v) is 5.57. The summed E-state index contributed by atoms with van der Waals surface area (Å²) in [6.07, 6.45) is 0.748. The van der Waals surface area contributed by atoms with Gasteiger partial charge in [-0.25, -0.2) is 0 Å². The Morgan fingerprint density at radius 1 is 0.968 bits per heavy atom. The number of carbonyl (C=O) groups excluding carboxylic acids is 2. The fraction of sp³-hybridized carbons (Fsp3) is 0.280. The number of likely N-dealkylation sites (N-methyl/N-ethyl adjacent to an activating group) is 1. The van der Waals surface area contributed by atoms with Crippen molar-refractivity contribution in [3.8, 4) is 0 Å². The van der Waals surface area contributed by atoms with Crippen LogP contribution in [0.3, 0.4) is 0 Å². The number of benzene rings is 3. The average Bonchev–Trinajstić information content (AvgIpc) is 2.76. The van der Waals surface area contributed by atoms with Gasteiger partial charge in [0.1, 0.15) is 0 Å². The summed E-state index contributed by atoms with van der Waals surface area (Å²) in [5, 5.41) is 2.71. The van der Waals surface area contributed by atoms with Gasteiger partial charge >= 0.3 is 0 Å². The van der Waals surface area contributed by atoms with Crippen LogP contribution in [0.1, 0.15) is 29.3 Å². The van der Waals surface area contributed by atoms with E-state index in [-0.39, 0.29) is 18.2 Å². The lowest BCUT2D eigenvalue weighted by Gasteiger charge is -2.27. The normalized spacial score (nSPS) is 10.8. The van der Waals surface area contributed by atoms with E-state index in [0.29, 0.717) is 30.2 Å². The summed E-state index contributed by atoms with van der Waals surface area (Å²) in [7, 11) is 1.91. The Balaban J connectivity index is 1.73. The number of rotatable bonds is 9. The molecule has 0 bridgehead atoms. The molecule has 5 nitrogen and oxygen atoms in total. The van der Waals surface area contributed by atoms with Crippen molar-refractivity contribution in [3.63, 3.8) is 0 Å². The highest BCUT2D eigenvalue weighted by molar-refractivity contribution is 6.30. The summed E-state index contributed by atoms with van der Waals surface area (Å²) < 4.78 is 0. The van der Waals surface area contributed by atoms with Crippen molar-refractivity contribution in [2.45, 2.75) is 19.9 Å². The number of carbonyl (C=O) groups is 2. The van der Waals surface area contributed by atoms with Crippen LogP contribution in [-0.2, 0) is 11.3 Å². The van der Waals surface area contributed by atoms with Gasteiger partial charge in [-0.1, -0.05) is 41.9 Å². The van der Waals surface area contributed by atoms with Gasteiger partial charge in [-0.05, 0) is 66.6 Å². The van der Waals surface area contributed by atoms with E-state index in [9.17, 15) is 9.59 Å². The maximum absolute atomic E-state index is 13.1. The molecule has 3 aromatic carbocycles. The summed E-state index contributed by atoms with van der Waals surface area (Å²) in [6, 6.07) is 19.2. The van der Waals surface area contributed by atoms with Crippen molar-refractivity contribution in [2.75, 3.05) is 31.6 Å². The minimum Gasteiger partial charge on any atom is -0.365 e. The van der Waals surface area contributed by atoms with E-state index in [0.717, 1.165) is 28.4 Å². The van der Waals surface area contributed by atoms with Gasteiger partial charge in [-0.15, -0.1) is 0 Å². The summed E-state index contributed by atoms with van der Waals surface area (Å²) in [6.45, 7) is 3.49. The summed E-state index contributed by atoms with van der Waals surface area (Å²) in [4.78, 5) is 28.5. The third-order valence-electron chi connectivity index (χ3n) is 5.32. The number of hydrogen-bond acceptors (Lipinski definition) is 4. The van der Waals surface area contributed by atoms with E-state index in [1.165, 1.54) is 0 Å². The summed E-state index contributed by atoms with van der Waals surface area (Å²) in [5.41, 5.74) is 8.35. The van der Waals surface area contributed by atoms with Crippen LogP contribution in [0.5, 0.6) is 0 Å². The topological polar surface area (TPSA) is 66.6 Å². The van der Waals surface area contributed by atoms with Gasteiger partial charge in [0.25, 0.3) is 0 Å². The molecule has 162 valence electrons. The second-order valence-electron chi connectivity index (χ2n) is 7.74. The highest BCUT2D eigenvalue weighted by Gasteiger charge is 2.16. The molecule has 0 saturated heterocycles. The van der Waals surface area contributed by atoms with E-state index in [1.807, 2.05) is 77.5 Å². The number of nitrogens with two attached hydrogens (primary N) is 1. The number of ketones is 1. The molecule has 0 aliphatic carbocycles. The lowest BCUT2D eigenvalue weighted by Crippen LogP contribution is -2.39.